The molecule has 0 atom stereocenters. The Morgan fingerprint density at radius 3 is 1.36 bits per heavy atom. The number of allylic oxidation sites excluding steroid dienone is 4. The van der Waals surface area contributed by atoms with Crippen LogP contribution in [0.5, 0.6) is 0 Å². The first-order chi connectivity index (χ1) is 6.72. The highest BCUT2D eigenvalue weighted by atomic mass is 13.9. The lowest BCUT2D eigenvalue weighted by molar-refractivity contribution is 1.34. The van der Waals surface area contributed by atoms with Crippen molar-refractivity contribution in [2.45, 2.75) is 27.7 Å². The topological polar surface area (TPSA) is 0 Å². The monoisotopic (exact) mass is 188 g/mol. The first-order valence-corrected chi connectivity index (χ1v) is 4.98. The fraction of sp³-hybridized carbons (Fsp3) is 0.286. The third-order valence-electron chi connectivity index (χ3n) is 1.92. The Labute approximate surface area is 88.0 Å². The number of benzene rings is 1. The predicted molar refractivity (Wildman–Crippen MR) is 65.5 cm³/mol. The maximum atomic E-state index is 2.12. The predicted octanol–water partition coefficient (Wildman–Crippen LogP) is 4.44. The standard InChI is InChI=1S/C8H10.C6H10/c1-7-5-3-4-6-8(7)2;1-3-5-6-4-2/h3-6H,1-2H3;3-6H,1-2H3/b;5-3-,6-4-. The molecule has 76 valence electrons. The molecule has 1 aromatic carbocycles. The molecule has 0 aliphatic rings. The van der Waals surface area contributed by atoms with E-state index in [4.69, 9.17) is 0 Å². The lowest BCUT2D eigenvalue weighted by atomic mass is 10.1. The van der Waals surface area contributed by atoms with Crippen molar-refractivity contribution >= 4 is 0 Å². The molecule has 0 unspecified atom stereocenters. The molecule has 0 aliphatic carbocycles. The summed E-state index contributed by atoms with van der Waals surface area (Å²) in [6, 6.07) is 8.36. The van der Waals surface area contributed by atoms with Gasteiger partial charge in [-0.1, -0.05) is 48.6 Å². The van der Waals surface area contributed by atoms with Crippen LogP contribution in [0.4, 0.5) is 0 Å². The van der Waals surface area contributed by atoms with Gasteiger partial charge in [0.05, 0.1) is 0 Å². The van der Waals surface area contributed by atoms with Crippen molar-refractivity contribution in [1.82, 2.24) is 0 Å². The van der Waals surface area contributed by atoms with E-state index in [1.54, 1.807) is 0 Å². The first kappa shape index (κ1) is 12.7. The normalized spacial score (nSPS) is 10.3. The van der Waals surface area contributed by atoms with E-state index in [0.717, 1.165) is 0 Å². The SMILES string of the molecule is C/C=C\C=C/C.Cc1ccccc1C. The quantitative estimate of drug-likeness (QED) is 0.571. The molecule has 0 saturated carbocycles. The Hall–Kier alpha value is -1.30. The van der Waals surface area contributed by atoms with Crippen molar-refractivity contribution < 1.29 is 0 Å². The molecule has 0 heteroatoms. The summed E-state index contributed by atoms with van der Waals surface area (Å²) in [5.41, 5.74) is 2.74. The van der Waals surface area contributed by atoms with Gasteiger partial charge in [-0.2, -0.15) is 0 Å². The summed E-state index contributed by atoms with van der Waals surface area (Å²) < 4.78 is 0. The smallest absolute Gasteiger partial charge is 0.0395 e. The molecule has 0 spiro atoms. The molecule has 0 radical (unpaired) electrons. The van der Waals surface area contributed by atoms with Crippen LogP contribution in [0, 0.1) is 13.8 Å². The Morgan fingerprint density at radius 2 is 1.14 bits per heavy atom. The van der Waals surface area contributed by atoms with E-state index >= 15 is 0 Å². The summed E-state index contributed by atoms with van der Waals surface area (Å²) in [5.74, 6) is 0. The molecule has 14 heavy (non-hydrogen) atoms. The van der Waals surface area contributed by atoms with Crippen LogP contribution in [0.3, 0.4) is 0 Å². The zero-order chi connectivity index (χ0) is 10.8. The minimum absolute atomic E-state index is 1.37. The molecule has 0 nitrogen and oxygen atoms in total. The third-order valence-corrected chi connectivity index (χ3v) is 1.92. The maximum absolute atomic E-state index is 2.12. The summed E-state index contributed by atoms with van der Waals surface area (Å²) in [6.07, 6.45) is 8.00. The van der Waals surface area contributed by atoms with Crippen molar-refractivity contribution in [1.29, 1.82) is 0 Å². The van der Waals surface area contributed by atoms with Gasteiger partial charge in [0.25, 0.3) is 0 Å². The molecule has 0 N–H and O–H groups in total. The largest absolute Gasteiger partial charge is 0.0877 e. The van der Waals surface area contributed by atoms with Crippen LogP contribution < -0.4 is 0 Å². The van der Waals surface area contributed by atoms with Gasteiger partial charge in [-0.25, -0.2) is 0 Å². The van der Waals surface area contributed by atoms with Gasteiger partial charge in [-0.3, -0.25) is 0 Å². The Bertz CT molecular complexity index is 262. The average Bonchev–Trinajstić information content (AvgIpc) is 2.20. The zero-order valence-corrected chi connectivity index (χ0v) is 9.62. The van der Waals surface area contributed by atoms with Crippen molar-refractivity contribution in [3.63, 3.8) is 0 Å². The summed E-state index contributed by atoms with van der Waals surface area (Å²) in [7, 11) is 0. The number of aryl methyl sites for hydroxylation is 2. The van der Waals surface area contributed by atoms with Crippen molar-refractivity contribution in [3.8, 4) is 0 Å². The Balaban J connectivity index is 0.000000255. The lowest BCUT2D eigenvalue weighted by Crippen LogP contribution is -1.74. The summed E-state index contributed by atoms with van der Waals surface area (Å²) in [5, 5.41) is 0. The van der Waals surface area contributed by atoms with Crippen LogP contribution in [-0.2, 0) is 0 Å². The second-order valence-electron chi connectivity index (χ2n) is 3.14. The second kappa shape index (κ2) is 8.31. The Morgan fingerprint density at radius 1 is 0.786 bits per heavy atom. The Kier molecular flexibility index (Phi) is 7.53. The number of rotatable bonds is 1. The minimum atomic E-state index is 1.37. The van der Waals surface area contributed by atoms with E-state index in [0.29, 0.717) is 0 Å². The van der Waals surface area contributed by atoms with Gasteiger partial charge in [0.1, 0.15) is 0 Å². The number of hydrogen-bond acceptors (Lipinski definition) is 0. The highest BCUT2D eigenvalue weighted by Crippen LogP contribution is 2.02. The van der Waals surface area contributed by atoms with Gasteiger partial charge in [-0.05, 0) is 38.8 Å². The zero-order valence-electron chi connectivity index (χ0n) is 9.62. The van der Waals surface area contributed by atoms with Gasteiger partial charge in [0, 0.05) is 0 Å². The summed E-state index contributed by atoms with van der Waals surface area (Å²) >= 11 is 0. The van der Waals surface area contributed by atoms with Gasteiger partial charge in [0.15, 0.2) is 0 Å². The van der Waals surface area contributed by atoms with Crippen molar-refractivity contribution in [3.05, 3.63) is 59.7 Å². The molecule has 1 aromatic rings. The second-order valence-corrected chi connectivity index (χ2v) is 3.14. The molecule has 1 rings (SSSR count). The minimum Gasteiger partial charge on any atom is -0.0877 e. The maximum Gasteiger partial charge on any atom is -0.0395 e. The van der Waals surface area contributed by atoms with Gasteiger partial charge in [0.2, 0.25) is 0 Å². The van der Waals surface area contributed by atoms with E-state index in [-0.39, 0.29) is 0 Å². The van der Waals surface area contributed by atoms with Crippen LogP contribution in [0.15, 0.2) is 48.6 Å². The van der Waals surface area contributed by atoms with E-state index in [9.17, 15) is 0 Å². The number of hydrogen-bond donors (Lipinski definition) is 0. The van der Waals surface area contributed by atoms with Gasteiger partial charge >= 0.3 is 0 Å². The molecule has 0 aromatic heterocycles. The highest BCUT2D eigenvalue weighted by molar-refractivity contribution is 5.23. The molecular formula is C14H20. The van der Waals surface area contributed by atoms with Crippen LogP contribution in [0.2, 0.25) is 0 Å². The van der Waals surface area contributed by atoms with Gasteiger partial charge in [-0.15, -0.1) is 0 Å². The van der Waals surface area contributed by atoms with E-state index in [1.165, 1.54) is 11.1 Å². The van der Waals surface area contributed by atoms with Crippen molar-refractivity contribution in [2.24, 2.45) is 0 Å². The molecule has 0 fully saturated rings. The first-order valence-electron chi connectivity index (χ1n) is 4.98. The van der Waals surface area contributed by atoms with Crippen molar-refractivity contribution in [2.75, 3.05) is 0 Å². The summed E-state index contributed by atoms with van der Waals surface area (Å²) in [4.78, 5) is 0. The van der Waals surface area contributed by atoms with E-state index in [1.807, 2.05) is 38.2 Å². The molecule has 0 amide bonds. The summed E-state index contributed by atoms with van der Waals surface area (Å²) in [6.45, 7) is 8.24. The van der Waals surface area contributed by atoms with Crippen LogP contribution in [0.25, 0.3) is 0 Å². The fourth-order valence-corrected chi connectivity index (χ4v) is 0.885. The molecule has 0 saturated heterocycles. The van der Waals surface area contributed by atoms with Gasteiger partial charge < -0.3 is 0 Å². The van der Waals surface area contributed by atoms with E-state index in [2.05, 4.69) is 38.1 Å². The molecular weight excluding hydrogens is 168 g/mol. The lowest BCUT2D eigenvalue weighted by Gasteiger charge is -1.93. The van der Waals surface area contributed by atoms with Crippen LogP contribution in [-0.4, -0.2) is 0 Å². The average molecular weight is 188 g/mol. The molecule has 0 bridgehead atoms. The molecule has 0 heterocycles. The van der Waals surface area contributed by atoms with Crippen LogP contribution >= 0.6 is 0 Å². The molecule has 0 aliphatic heterocycles. The van der Waals surface area contributed by atoms with E-state index < -0.39 is 0 Å². The third kappa shape index (κ3) is 6.24. The highest BCUT2D eigenvalue weighted by Gasteiger charge is 1.83. The van der Waals surface area contributed by atoms with Crippen LogP contribution in [0.1, 0.15) is 25.0 Å². The fourth-order valence-electron chi connectivity index (χ4n) is 0.885.